The average Bonchev–Trinajstić information content (AvgIpc) is 2.84. The van der Waals surface area contributed by atoms with Crippen molar-refractivity contribution >= 4 is 16.3 Å². The Morgan fingerprint density at radius 3 is 2.33 bits per heavy atom. The van der Waals surface area contributed by atoms with Gasteiger partial charge in [-0.3, -0.25) is 15.7 Å². The van der Waals surface area contributed by atoms with E-state index >= 15 is 0 Å². The molecule has 0 aliphatic carbocycles. The van der Waals surface area contributed by atoms with E-state index in [1.165, 1.54) is 21.9 Å². The highest BCUT2D eigenvalue weighted by Crippen LogP contribution is 2.41. The number of rotatable bonds is 4. The molecule has 1 atom stereocenters. The number of nitrogens with one attached hydrogen (secondary N) is 1. The summed E-state index contributed by atoms with van der Waals surface area (Å²) in [5.74, 6) is 1.34. The number of thiazole rings is 1. The van der Waals surface area contributed by atoms with Crippen LogP contribution in [-0.2, 0) is 6.42 Å². The van der Waals surface area contributed by atoms with Crippen LogP contribution in [0.1, 0.15) is 5.69 Å². The molecule has 2 aromatic rings. The van der Waals surface area contributed by atoms with Gasteiger partial charge in [0, 0.05) is 30.2 Å². The van der Waals surface area contributed by atoms with Crippen molar-refractivity contribution in [2.45, 2.75) is 24.8 Å². The molecule has 118 valence electrons. The van der Waals surface area contributed by atoms with E-state index in [2.05, 4.69) is 4.98 Å². The molecule has 0 radical (unpaired) electrons. The van der Waals surface area contributed by atoms with Gasteiger partial charge >= 0.3 is 12.4 Å². The summed E-state index contributed by atoms with van der Waals surface area (Å²) in [6.45, 7) is 0. The van der Waals surface area contributed by atoms with Crippen LogP contribution in [0.25, 0.3) is 4.96 Å². The fourth-order valence-electron chi connectivity index (χ4n) is 2.01. The molecule has 0 aromatic carbocycles. The molecule has 0 spiro atoms. The van der Waals surface area contributed by atoms with E-state index in [1.807, 2.05) is 0 Å². The van der Waals surface area contributed by atoms with E-state index in [0.717, 1.165) is 0 Å². The molecule has 4 nitrogen and oxygen atoms in total. The van der Waals surface area contributed by atoms with Crippen LogP contribution in [-0.4, -0.2) is 27.8 Å². The number of hydrogen-bond acceptors (Lipinski definition) is 4. The van der Waals surface area contributed by atoms with Gasteiger partial charge in [0.1, 0.15) is 0 Å². The Balaban J connectivity index is 2.26. The molecule has 2 heterocycles. The van der Waals surface area contributed by atoms with Gasteiger partial charge in [-0.1, -0.05) is 0 Å². The molecule has 11 heteroatoms. The summed E-state index contributed by atoms with van der Waals surface area (Å²) in [7, 11) is 0. The molecule has 2 rings (SSSR count). The van der Waals surface area contributed by atoms with Crippen molar-refractivity contribution in [1.29, 1.82) is 0 Å². The van der Waals surface area contributed by atoms with E-state index in [0.29, 0.717) is 4.96 Å². The minimum Gasteiger partial charge on any atom is -0.297 e. The van der Waals surface area contributed by atoms with Crippen molar-refractivity contribution in [2.24, 2.45) is 11.8 Å². The molecule has 0 amide bonds. The van der Waals surface area contributed by atoms with Gasteiger partial charge in [-0.25, -0.2) is 4.98 Å². The third-order valence-corrected chi connectivity index (χ3v) is 3.66. The van der Waals surface area contributed by atoms with E-state index in [1.54, 1.807) is 17.0 Å². The number of nitrogens with two attached hydrogens (primary N) is 1. The van der Waals surface area contributed by atoms with Crippen LogP contribution in [0.4, 0.5) is 26.3 Å². The Morgan fingerprint density at radius 2 is 1.86 bits per heavy atom. The van der Waals surface area contributed by atoms with Gasteiger partial charge in [0.05, 0.1) is 5.69 Å². The Kier molecular flexibility index (Phi) is 4.17. The summed E-state index contributed by atoms with van der Waals surface area (Å²) >= 11 is 1.22. The summed E-state index contributed by atoms with van der Waals surface area (Å²) in [6, 6.07) is -2.05. The topological polar surface area (TPSA) is 55.3 Å². The van der Waals surface area contributed by atoms with Crippen LogP contribution < -0.4 is 11.3 Å². The van der Waals surface area contributed by atoms with E-state index in [4.69, 9.17) is 5.84 Å². The number of aromatic nitrogens is 2. The molecule has 0 fully saturated rings. The largest absolute Gasteiger partial charge is 0.402 e. The minimum absolute atomic E-state index is 0.100. The molecular formula is C10H10F6N4S. The minimum atomic E-state index is -5.45. The molecule has 2 aromatic heterocycles. The predicted molar refractivity (Wildman–Crippen MR) is 63.5 cm³/mol. The van der Waals surface area contributed by atoms with Crippen molar-refractivity contribution in [1.82, 2.24) is 14.8 Å². The summed E-state index contributed by atoms with van der Waals surface area (Å²) in [5, 5.41) is 1.69. The zero-order valence-electron chi connectivity index (χ0n) is 10.2. The Morgan fingerprint density at radius 1 is 1.24 bits per heavy atom. The summed E-state index contributed by atoms with van der Waals surface area (Å²) in [5.41, 5.74) is 1.71. The highest BCUT2D eigenvalue weighted by atomic mass is 32.1. The molecule has 0 aliphatic heterocycles. The molecule has 1 unspecified atom stereocenters. The fourth-order valence-corrected chi connectivity index (χ4v) is 2.73. The molecule has 21 heavy (non-hydrogen) atoms. The van der Waals surface area contributed by atoms with Gasteiger partial charge in [-0.05, 0) is 0 Å². The number of hydrazine groups is 1. The predicted octanol–water partition coefficient (Wildman–Crippen LogP) is 2.51. The molecule has 0 aliphatic rings. The third kappa shape index (κ3) is 3.47. The maximum atomic E-state index is 12.7. The van der Waals surface area contributed by atoms with Gasteiger partial charge in [-0.15, -0.1) is 11.3 Å². The number of fused-ring (bicyclic) bond motifs is 1. The summed E-state index contributed by atoms with van der Waals surface area (Å²) in [6.07, 6.45) is -8.51. The molecular weight excluding hydrogens is 322 g/mol. The molecule has 0 saturated carbocycles. The number of alkyl halides is 6. The van der Waals surface area contributed by atoms with Crippen molar-refractivity contribution in [2.75, 3.05) is 0 Å². The van der Waals surface area contributed by atoms with Crippen LogP contribution in [0.2, 0.25) is 0 Å². The van der Waals surface area contributed by atoms with Gasteiger partial charge in [0.2, 0.25) is 0 Å². The zero-order chi connectivity index (χ0) is 15.8. The van der Waals surface area contributed by atoms with Crippen LogP contribution in [0.5, 0.6) is 0 Å². The van der Waals surface area contributed by atoms with E-state index < -0.39 is 30.7 Å². The smallest absolute Gasteiger partial charge is 0.297 e. The Bertz CT molecular complexity index is 558. The lowest BCUT2D eigenvalue weighted by molar-refractivity contribution is -0.291. The van der Waals surface area contributed by atoms with Crippen molar-refractivity contribution < 1.29 is 26.3 Å². The van der Waals surface area contributed by atoms with Crippen molar-refractivity contribution in [3.8, 4) is 0 Å². The van der Waals surface area contributed by atoms with Crippen molar-refractivity contribution in [3.05, 3.63) is 23.5 Å². The molecule has 0 saturated heterocycles. The highest BCUT2D eigenvalue weighted by molar-refractivity contribution is 7.15. The first-order valence-corrected chi connectivity index (χ1v) is 6.51. The Hall–Kier alpha value is -1.33. The summed E-state index contributed by atoms with van der Waals surface area (Å²) < 4.78 is 77.5. The normalized spacial score (nSPS) is 15.0. The Labute approximate surface area is 118 Å². The van der Waals surface area contributed by atoms with Gasteiger partial charge in [0.25, 0.3) is 0 Å². The second kappa shape index (κ2) is 5.46. The second-order valence-electron chi connectivity index (χ2n) is 4.36. The first-order chi connectivity index (χ1) is 9.63. The standard InChI is InChI=1S/C10H10F6N4S/c11-9(12,13)7(10(14,15)16)6(19-17)3-5-4-20-1-2-21-8(20)18-5/h1-2,4,6-7,19H,3,17H2. The first-order valence-electron chi connectivity index (χ1n) is 5.63. The number of hydrogen-bond donors (Lipinski definition) is 2. The SMILES string of the molecule is NNC(Cc1cn2ccsc2n1)C(C(F)(F)F)C(F)(F)F. The maximum absolute atomic E-state index is 12.7. The zero-order valence-corrected chi connectivity index (χ0v) is 11.1. The van der Waals surface area contributed by atoms with Crippen LogP contribution in [0.15, 0.2) is 17.8 Å². The summed E-state index contributed by atoms with van der Waals surface area (Å²) in [4.78, 5) is 4.44. The number of imidazole rings is 1. The molecule has 3 N–H and O–H groups in total. The average molecular weight is 332 g/mol. The number of halogens is 6. The van der Waals surface area contributed by atoms with Crippen molar-refractivity contribution in [3.63, 3.8) is 0 Å². The maximum Gasteiger partial charge on any atom is 0.402 e. The second-order valence-corrected chi connectivity index (χ2v) is 5.24. The fraction of sp³-hybridized carbons (Fsp3) is 0.500. The number of nitrogens with zero attached hydrogens (tertiary/aromatic N) is 2. The quantitative estimate of drug-likeness (QED) is 0.514. The molecule has 0 bridgehead atoms. The lowest BCUT2D eigenvalue weighted by Crippen LogP contribution is -2.54. The van der Waals surface area contributed by atoms with E-state index in [-0.39, 0.29) is 5.69 Å². The third-order valence-electron chi connectivity index (χ3n) is 2.89. The first kappa shape index (κ1) is 16.0. The van der Waals surface area contributed by atoms with Gasteiger partial charge in [-0.2, -0.15) is 26.3 Å². The van der Waals surface area contributed by atoms with Gasteiger partial charge in [0.15, 0.2) is 10.9 Å². The lowest BCUT2D eigenvalue weighted by atomic mass is 9.95. The monoisotopic (exact) mass is 332 g/mol. The van der Waals surface area contributed by atoms with Crippen LogP contribution in [0.3, 0.4) is 0 Å². The van der Waals surface area contributed by atoms with Crippen LogP contribution in [0, 0.1) is 5.92 Å². The van der Waals surface area contributed by atoms with Gasteiger partial charge < -0.3 is 0 Å². The lowest BCUT2D eigenvalue weighted by Gasteiger charge is -2.29. The van der Waals surface area contributed by atoms with Crippen LogP contribution >= 0.6 is 11.3 Å². The highest BCUT2D eigenvalue weighted by Gasteiger charge is 2.60. The van der Waals surface area contributed by atoms with E-state index in [9.17, 15) is 26.3 Å².